The predicted molar refractivity (Wildman–Crippen MR) is 75.9 cm³/mol. The standard InChI is InChI=1S/C12H8Br2ClNO/c1-7-4-12(16-6-10(7)14)17-11-3-2-8(15)5-9(11)13/h2-6H,1H3. The number of aromatic nitrogens is 1. The summed E-state index contributed by atoms with van der Waals surface area (Å²) in [4.78, 5) is 4.18. The molecule has 0 unspecified atom stereocenters. The number of hydrogen-bond donors (Lipinski definition) is 0. The van der Waals surface area contributed by atoms with Gasteiger partial charge in [-0.2, -0.15) is 0 Å². The van der Waals surface area contributed by atoms with E-state index >= 15 is 0 Å². The molecule has 0 N–H and O–H groups in total. The minimum absolute atomic E-state index is 0.550. The zero-order valence-electron chi connectivity index (χ0n) is 8.88. The Balaban J connectivity index is 2.28. The lowest BCUT2D eigenvalue weighted by Crippen LogP contribution is -1.90. The zero-order valence-corrected chi connectivity index (χ0v) is 12.8. The lowest BCUT2D eigenvalue weighted by atomic mass is 10.3. The topological polar surface area (TPSA) is 22.1 Å². The fourth-order valence-electron chi connectivity index (χ4n) is 1.24. The van der Waals surface area contributed by atoms with Gasteiger partial charge in [0.25, 0.3) is 0 Å². The van der Waals surface area contributed by atoms with Crippen LogP contribution in [0.5, 0.6) is 11.6 Å². The van der Waals surface area contributed by atoms with Crippen molar-refractivity contribution in [3.8, 4) is 11.6 Å². The van der Waals surface area contributed by atoms with Crippen LogP contribution in [0, 0.1) is 6.92 Å². The Labute approximate surface area is 121 Å². The molecule has 1 heterocycles. The van der Waals surface area contributed by atoms with E-state index in [9.17, 15) is 0 Å². The summed E-state index contributed by atoms with van der Waals surface area (Å²) in [5.74, 6) is 1.23. The second kappa shape index (κ2) is 5.38. The van der Waals surface area contributed by atoms with E-state index in [1.807, 2.05) is 13.0 Å². The third-order valence-electron chi connectivity index (χ3n) is 2.13. The Morgan fingerprint density at radius 2 is 1.94 bits per heavy atom. The highest BCUT2D eigenvalue weighted by atomic mass is 79.9. The van der Waals surface area contributed by atoms with Crippen molar-refractivity contribution < 1.29 is 4.74 Å². The van der Waals surface area contributed by atoms with Crippen LogP contribution >= 0.6 is 43.5 Å². The second-order valence-corrected chi connectivity index (χ2v) is 5.59. The summed E-state index contributed by atoms with van der Waals surface area (Å²) in [7, 11) is 0. The summed E-state index contributed by atoms with van der Waals surface area (Å²) in [6.45, 7) is 1.98. The number of benzene rings is 1. The van der Waals surface area contributed by atoms with Crippen LogP contribution in [0.25, 0.3) is 0 Å². The molecule has 0 aliphatic rings. The monoisotopic (exact) mass is 375 g/mol. The maximum atomic E-state index is 5.86. The summed E-state index contributed by atoms with van der Waals surface area (Å²) >= 11 is 12.6. The Kier molecular flexibility index (Phi) is 4.07. The van der Waals surface area contributed by atoms with Crippen LogP contribution in [0.2, 0.25) is 5.02 Å². The van der Waals surface area contributed by atoms with E-state index in [4.69, 9.17) is 16.3 Å². The maximum absolute atomic E-state index is 5.86. The van der Waals surface area contributed by atoms with E-state index in [1.165, 1.54) is 0 Å². The first kappa shape index (κ1) is 12.9. The molecule has 0 aliphatic carbocycles. The fraction of sp³-hybridized carbons (Fsp3) is 0.0833. The van der Waals surface area contributed by atoms with E-state index < -0.39 is 0 Å². The quantitative estimate of drug-likeness (QED) is 0.703. The lowest BCUT2D eigenvalue weighted by Gasteiger charge is -2.08. The zero-order chi connectivity index (χ0) is 12.4. The SMILES string of the molecule is Cc1cc(Oc2ccc(Cl)cc2Br)ncc1Br. The highest BCUT2D eigenvalue weighted by molar-refractivity contribution is 9.10. The largest absolute Gasteiger partial charge is 0.438 e. The molecular weight excluding hydrogens is 369 g/mol. The molecule has 0 atom stereocenters. The van der Waals surface area contributed by atoms with Gasteiger partial charge in [0, 0.05) is 21.8 Å². The van der Waals surface area contributed by atoms with Crippen LogP contribution in [0.3, 0.4) is 0 Å². The van der Waals surface area contributed by atoms with Gasteiger partial charge in [-0.15, -0.1) is 0 Å². The highest BCUT2D eigenvalue weighted by Gasteiger charge is 2.05. The molecule has 0 radical (unpaired) electrons. The van der Waals surface area contributed by atoms with Gasteiger partial charge in [0.1, 0.15) is 5.75 Å². The summed E-state index contributed by atoms with van der Waals surface area (Å²) in [6.07, 6.45) is 1.72. The van der Waals surface area contributed by atoms with Crippen molar-refractivity contribution in [3.05, 3.63) is 50.0 Å². The van der Waals surface area contributed by atoms with Crippen LogP contribution in [-0.4, -0.2) is 4.98 Å². The van der Waals surface area contributed by atoms with Crippen LogP contribution in [0.15, 0.2) is 39.4 Å². The second-order valence-electron chi connectivity index (χ2n) is 3.45. The molecule has 1 aromatic heterocycles. The summed E-state index contributed by atoms with van der Waals surface area (Å²) in [5, 5.41) is 0.657. The summed E-state index contributed by atoms with van der Waals surface area (Å²) in [5.41, 5.74) is 1.07. The van der Waals surface area contributed by atoms with Gasteiger partial charge < -0.3 is 4.74 Å². The molecule has 17 heavy (non-hydrogen) atoms. The van der Waals surface area contributed by atoms with Gasteiger partial charge >= 0.3 is 0 Å². The van der Waals surface area contributed by atoms with E-state index in [1.54, 1.807) is 24.4 Å². The smallest absolute Gasteiger partial charge is 0.219 e. The van der Waals surface area contributed by atoms with E-state index in [2.05, 4.69) is 36.8 Å². The summed E-state index contributed by atoms with van der Waals surface area (Å²) < 4.78 is 7.42. The minimum atomic E-state index is 0.550. The maximum Gasteiger partial charge on any atom is 0.219 e. The highest BCUT2D eigenvalue weighted by Crippen LogP contribution is 2.31. The lowest BCUT2D eigenvalue weighted by molar-refractivity contribution is 0.459. The molecule has 2 rings (SSSR count). The van der Waals surface area contributed by atoms with Gasteiger partial charge in [0.15, 0.2) is 0 Å². The van der Waals surface area contributed by atoms with Gasteiger partial charge in [-0.1, -0.05) is 11.6 Å². The molecule has 0 bridgehead atoms. The van der Waals surface area contributed by atoms with Gasteiger partial charge in [0.05, 0.1) is 4.47 Å². The Bertz CT molecular complexity index is 560. The van der Waals surface area contributed by atoms with Gasteiger partial charge in [-0.25, -0.2) is 4.98 Å². The van der Waals surface area contributed by atoms with Crippen molar-refractivity contribution in [3.63, 3.8) is 0 Å². The molecule has 2 aromatic rings. The minimum Gasteiger partial charge on any atom is -0.438 e. The van der Waals surface area contributed by atoms with Crippen LogP contribution in [0.1, 0.15) is 5.56 Å². The number of rotatable bonds is 2. The Morgan fingerprint density at radius 3 is 2.59 bits per heavy atom. The molecule has 2 nitrogen and oxygen atoms in total. The van der Waals surface area contributed by atoms with E-state index in [0.29, 0.717) is 16.7 Å². The van der Waals surface area contributed by atoms with E-state index in [-0.39, 0.29) is 0 Å². The molecule has 88 valence electrons. The van der Waals surface area contributed by atoms with Crippen molar-refractivity contribution in [1.82, 2.24) is 4.98 Å². The molecule has 0 saturated heterocycles. The van der Waals surface area contributed by atoms with Crippen molar-refractivity contribution in [1.29, 1.82) is 0 Å². The number of halogens is 3. The molecule has 0 saturated carbocycles. The number of ether oxygens (including phenoxy) is 1. The molecule has 0 fully saturated rings. The third kappa shape index (κ3) is 3.21. The molecule has 0 aliphatic heterocycles. The molecule has 1 aromatic carbocycles. The predicted octanol–water partition coefficient (Wildman–Crippen LogP) is 5.36. The fourth-order valence-corrected chi connectivity index (χ4v) is 2.22. The van der Waals surface area contributed by atoms with Crippen LogP contribution in [0.4, 0.5) is 0 Å². The summed E-state index contributed by atoms with van der Waals surface area (Å²) in [6, 6.07) is 7.21. The number of hydrogen-bond acceptors (Lipinski definition) is 2. The van der Waals surface area contributed by atoms with Gasteiger partial charge in [-0.3, -0.25) is 0 Å². The van der Waals surface area contributed by atoms with Crippen LogP contribution in [-0.2, 0) is 0 Å². The van der Waals surface area contributed by atoms with Crippen molar-refractivity contribution in [2.75, 3.05) is 0 Å². The normalized spacial score (nSPS) is 10.4. The van der Waals surface area contributed by atoms with E-state index in [0.717, 1.165) is 14.5 Å². The third-order valence-corrected chi connectivity index (χ3v) is 3.82. The van der Waals surface area contributed by atoms with Crippen molar-refractivity contribution in [2.24, 2.45) is 0 Å². The average molecular weight is 377 g/mol. The first-order valence-corrected chi connectivity index (χ1v) is 6.78. The first-order chi connectivity index (χ1) is 8.06. The van der Waals surface area contributed by atoms with Crippen molar-refractivity contribution in [2.45, 2.75) is 6.92 Å². The van der Waals surface area contributed by atoms with Gasteiger partial charge in [0.2, 0.25) is 5.88 Å². The average Bonchev–Trinajstić information content (AvgIpc) is 2.27. The Morgan fingerprint density at radius 1 is 1.18 bits per heavy atom. The Hall–Kier alpha value is -0.580. The molecule has 0 amide bonds. The van der Waals surface area contributed by atoms with Gasteiger partial charge in [-0.05, 0) is 62.5 Å². The number of aryl methyl sites for hydroxylation is 1. The molecule has 5 heteroatoms. The molecular formula is C12H8Br2ClNO. The first-order valence-electron chi connectivity index (χ1n) is 4.81. The van der Waals surface area contributed by atoms with Crippen molar-refractivity contribution >= 4 is 43.5 Å². The number of pyridine rings is 1. The van der Waals surface area contributed by atoms with Crippen LogP contribution < -0.4 is 4.74 Å². The molecule has 0 spiro atoms. The number of nitrogens with zero attached hydrogens (tertiary/aromatic N) is 1.